The molecule has 0 radical (unpaired) electrons. The number of nitrogens with zero attached hydrogens (tertiary/aromatic N) is 1. The Morgan fingerprint density at radius 1 is 0.830 bits per heavy atom. The number of nitrogens with one attached hydrogen (secondary N) is 1. The summed E-state index contributed by atoms with van der Waals surface area (Å²) in [5.41, 5.74) is 1.63. The molecule has 47 heavy (non-hydrogen) atoms. The molecule has 14 heteroatoms. The van der Waals surface area contributed by atoms with Crippen LogP contribution in [0, 0.1) is 19.7 Å². The summed E-state index contributed by atoms with van der Waals surface area (Å²) in [5.74, 6) is -2.52. The molecular weight excluding hydrogens is 619 g/mol. The molecule has 0 bridgehead atoms. The summed E-state index contributed by atoms with van der Waals surface area (Å²) >= 11 is 0. The molecule has 3 aromatic carbocycles. The Labute approximate surface area is 270 Å². The summed E-state index contributed by atoms with van der Waals surface area (Å²) < 4.78 is 40.7. The van der Waals surface area contributed by atoms with Crippen molar-refractivity contribution in [2.75, 3.05) is 48.0 Å². The number of amides is 2. The van der Waals surface area contributed by atoms with E-state index >= 15 is 4.39 Å². The summed E-state index contributed by atoms with van der Waals surface area (Å²) in [6.07, 6.45) is -0.450. The molecule has 1 saturated heterocycles. The highest BCUT2D eigenvalue weighted by Gasteiger charge is 2.30. The van der Waals surface area contributed by atoms with Gasteiger partial charge in [0, 0.05) is 44.5 Å². The fraction of sp³-hybridized carbons (Fsp3) is 0.333. The molecule has 0 aromatic heterocycles. The molecule has 1 atom stereocenters. The summed E-state index contributed by atoms with van der Waals surface area (Å²) in [4.78, 5) is 61.9. The third kappa shape index (κ3) is 8.34. The van der Waals surface area contributed by atoms with E-state index in [1.165, 1.54) is 62.6 Å². The second-order valence-corrected chi connectivity index (χ2v) is 10.5. The number of hydrogen-bond acceptors (Lipinski definition) is 11. The molecule has 13 nitrogen and oxygen atoms in total. The van der Waals surface area contributed by atoms with Crippen LogP contribution in [0.3, 0.4) is 0 Å². The van der Waals surface area contributed by atoms with Gasteiger partial charge in [-0.25, -0.2) is 23.8 Å². The first-order valence-corrected chi connectivity index (χ1v) is 14.4. The second kappa shape index (κ2) is 15.9. The van der Waals surface area contributed by atoms with Crippen molar-refractivity contribution in [2.24, 2.45) is 0 Å². The Hall–Kier alpha value is -5.21. The van der Waals surface area contributed by atoms with Crippen molar-refractivity contribution in [3.8, 4) is 17.2 Å². The maximum absolute atomic E-state index is 15.0. The Morgan fingerprint density at radius 3 is 2.09 bits per heavy atom. The fourth-order valence-electron chi connectivity index (χ4n) is 4.97. The number of halogens is 1. The highest BCUT2D eigenvalue weighted by atomic mass is 19.1. The van der Waals surface area contributed by atoms with Crippen LogP contribution in [0.5, 0.6) is 17.2 Å². The number of methoxy groups -OCH3 is 3. The lowest BCUT2D eigenvalue weighted by molar-refractivity contribution is -0.191. The van der Waals surface area contributed by atoms with Crippen molar-refractivity contribution in [1.82, 2.24) is 10.2 Å². The van der Waals surface area contributed by atoms with E-state index in [1.807, 2.05) is 13.8 Å². The van der Waals surface area contributed by atoms with Gasteiger partial charge < -0.3 is 33.9 Å². The lowest BCUT2D eigenvalue weighted by Gasteiger charge is -2.17. The number of likely N-dealkylation sites (tertiary alicyclic amines) is 1. The van der Waals surface area contributed by atoms with Crippen LogP contribution in [0.15, 0.2) is 48.5 Å². The normalized spacial score (nSPS) is 13.9. The lowest BCUT2D eigenvalue weighted by Crippen LogP contribution is -2.38. The van der Waals surface area contributed by atoms with E-state index in [9.17, 15) is 19.2 Å². The number of carbonyl (C=O) groups is 4. The van der Waals surface area contributed by atoms with Gasteiger partial charge in [-0.15, -0.1) is 0 Å². The van der Waals surface area contributed by atoms with Gasteiger partial charge in [-0.3, -0.25) is 9.59 Å². The zero-order valence-corrected chi connectivity index (χ0v) is 26.5. The lowest BCUT2D eigenvalue weighted by atomic mass is 10.00. The van der Waals surface area contributed by atoms with Crippen LogP contribution in [-0.2, 0) is 19.2 Å². The van der Waals surface area contributed by atoms with Crippen LogP contribution in [0.4, 0.5) is 9.18 Å². The molecule has 0 aliphatic carbocycles. The Kier molecular flexibility index (Phi) is 11.7. The molecular formula is C33H35FN2O11. The number of carbonyl (C=O) groups excluding carboxylic acids is 4. The first-order valence-electron chi connectivity index (χ1n) is 14.4. The van der Waals surface area contributed by atoms with Crippen molar-refractivity contribution in [1.29, 1.82) is 0 Å². The van der Waals surface area contributed by atoms with Crippen molar-refractivity contribution >= 4 is 23.8 Å². The van der Waals surface area contributed by atoms with Crippen molar-refractivity contribution < 1.29 is 57.0 Å². The average Bonchev–Trinajstić information content (AvgIpc) is 3.54. The number of ketones is 1. The topological polar surface area (TPSA) is 148 Å². The summed E-state index contributed by atoms with van der Waals surface area (Å²) in [5, 5.41) is 2.90. The smallest absolute Gasteiger partial charge is 0.453 e. The number of ether oxygens (including phenoxy) is 5. The summed E-state index contributed by atoms with van der Waals surface area (Å²) in [7, 11) is 4.16. The van der Waals surface area contributed by atoms with E-state index in [-0.39, 0.29) is 66.8 Å². The molecule has 1 aliphatic heterocycles. The zero-order chi connectivity index (χ0) is 34.1. The van der Waals surface area contributed by atoms with Gasteiger partial charge in [-0.05, 0) is 67.8 Å². The molecule has 1 unspecified atom stereocenters. The predicted molar refractivity (Wildman–Crippen MR) is 163 cm³/mol. The monoisotopic (exact) mass is 654 g/mol. The molecule has 1 N–H and O–H groups in total. The van der Waals surface area contributed by atoms with Crippen molar-refractivity contribution in [3.05, 3.63) is 87.7 Å². The SMILES string of the molecule is COCOc1ccc(OC)c(F)c1C(=O)c1ccc(C(=O)OOC(=O)N2CCC(NC(=O)c3cc(C)c(OCOC)c(C)c3)C2)cc1. The highest BCUT2D eigenvalue weighted by Crippen LogP contribution is 2.31. The third-order valence-corrected chi connectivity index (χ3v) is 7.24. The summed E-state index contributed by atoms with van der Waals surface area (Å²) in [6, 6.07) is 10.9. The molecule has 3 aromatic rings. The van der Waals surface area contributed by atoms with Crippen LogP contribution in [0.2, 0.25) is 0 Å². The summed E-state index contributed by atoms with van der Waals surface area (Å²) in [6.45, 7) is 3.93. The van der Waals surface area contributed by atoms with Gasteiger partial charge in [-0.2, -0.15) is 0 Å². The first-order chi connectivity index (χ1) is 22.6. The van der Waals surface area contributed by atoms with Gasteiger partial charge in [-0.1, -0.05) is 12.1 Å². The van der Waals surface area contributed by atoms with Crippen LogP contribution >= 0.6 is 0 Å². The van der Waals surface area contributed by atoms with Crippen molar-refractivity contribution in [2.45, 2.75) is 26.3 Å². The van der Waals surface area contributed by atoms with Crippen LogP contribution < -0.4 is 19.5 Å². The Bertz CT molecular complexity index is 1600. The predicted octanol–water partition coefficient (Wildman–Crippen LogP) is 4.36. The largest absolute Gasteiger partial charge is 0.494 e. The van der Waals surface area contributed by atoms with Crippen LogP contribution in [-0.4, -0.2) is 82.7 Å². The van der Waals surface area contributed by atoms with Gasteiger partial charge >= 0.3 is 12.1 Å². The highest BCUT2D eigenvalue weighted by molar-refractivity contribution is 6.11. The molecule has 0 spiro atoms. The minimum atomic E-state index is -0.998. The van der Waals surface area contributed by atoms with Crippen LogP contribution in [0.1, 0.15) is 54.2 Å². The van der Waals surface area contributed by atoms with E-state index in [1.54, 1.807) is 12.1 Å². The Morgan fingerprint density at radius 2 is 1.45 bits per heavy atom. The van der Waals surface area contributed by atoms with Gasteiger partial charge in [0.15, 0.2) is 30.9 Å². The minimum Gasteiger partial charge on any atom is -0.494 e. The third-order valence-electron chi connectivity index (χ3n) is 7.24. The van der Waals surface area contributed by atoms with E-state index in [0.717, 1.165) is 11.1 Å². The van der Waals surface area contributed by atoms with E-state index in [2.05, 4.69) is 5.32 Å². The van der Waals surface area contributed by atoms with E-state index in [0.29, 0.717) is 17.7 Å². The number of hydrogen-bond donors (Lipinski definition) is 1. The number of benzene rings is 3. The molecule has 1 aliphatic rings. The quantitative estimate of drug-likeness (QED) is 0.129. The maximum Gasteiger partial charge on any atom is 0.453 e. The van der Waals surface area contributed by atoms with Crippen molar-refractivity contribution in [3.63, 3.8) is 0 Å². The zero-order valence-electron chi connectivity index (χ0n) is 26.5. The molecule has 1 heterocycles. The Balaban J connectivity index is 1.31. The van der Waals surface area contributed by atoms with Gasteiger partial charge in [0.2, 0.25) is 0 Å². The molecule has 0 saturated carbocycles. The average molecular weight is 655 g/mol. The number of aryl methyl sites for hydroxylation is 2. The van der Waals surface area contributed by atoms with E-state index < -0.39 is 23.7 Å². The maximum atomic E-state index is 15.0. The molecule has 250 valence electrons. The van der Waals surface area contributed by atoms with Gasteiger partial charge in [0.05, 0.1) is 12.7 Å². The molecule has 4 rings (SSSR count). The standard InChI is InChI=1S/C33H35FN2O11/c1-19-14-23(15-20(2)30(19)45-18-42-4)31(38)35-24-12-13-36(16-24)33(40)47-46-32(39)22-8-6-21(7-9-22)29(37)27-25(44-17-41-3)10-11-26(43-5)28(27)34/h6-11,14-15,24H,12-13,16-18H2,1-5H3,(H,35,38). The first kappa shape index (κ1) is 34.7. The minimum absolute atomic E-state index is 0.0351. The molecule has 1 fully saturated rings. The van der Waals surface area contributed by atoms with Gasteiger partial charge in [0.25, 0.3) is 5.91 Å². The molecule has 2 amide bonds. The number of rotatable bonds is 12. The second-order valence-electron chi connectivity index (χ2n) is 10.5. The van der Waals surface area contributed by atoms with E-state index in [4.69, 9.17) is 33.5 Å². The fourth-order valence-corrected chi connectivity index (χ4v) is 4.97. The van der Waals surface area contributed by atoms with Gasteiger partial charge in [0.1, 0.15) is 17.1 Å². The van der Waals surface area contributed by atoms with Crippen LogP contribution in [0.25, 0.3) is 0 Å².